The highest BCUT2D eigenvalue weighted by molar-refractivity contribution is 5.60. The molecule has 0 aliphatic carbocycles. The number of nitrogens with two attached hydrogens (primary N) is 1. The number of nitrogens with zero attached hydrogens (tertiary/aromatic N) is 3. The summed E-state index contributed by atoms with van der Waals surface area (Å²) in [6.07, 6.45) is 3.75. The van der Waals surface area contributed by atoms with Gasteiger partial charge >= 0.3 is 0 Å². The van der Waals surface area contributed by atoms with Crippen molar-refractivity contribution in [2.75, 3.05) is 25.1 Å². The molecule has 3 N–H and O–H groups in total. The van der Waals surface area contributed by atoms with Crippen LogP contribution in [0.3, 0.4) is 0 Å². The van der Waals surface area contributed by atoms with Crippen LogP contribution < -0.4 is 11.1 Å². The van der Waals surface area contributed by atoms with Gasteiger partial charge in [-0.1, -0.05) is 17.7 Å². The van der Waals surface area contributed by atoms with Gasteiger partial charge in [0.05, 0.1) is 0 Å². The van der Waals surface area contributed by atoms with Crippen molar-refractivity contribution in [1.29, 1.82) is 0 Å². The van der Waals surface area contributed by atoms with Crippen molar-refractivity contribution in [2.24, 2.45) is 0 Å². The highest BCUT2D eigenvalue weighted by Gasteiger charge is 2.09. The van der Waals surface area contributed by atoms with E-state index in [1.807, 2.05) is 12.3 Å². The number of aryl methyl sites for hydroxylation is 3. The molecule has 0 radical (unpaired) electrons. The topological polar surface area (TPSA) is 67.1 Å². The summed E-state index contributed by atoms with van der Waals surface area (Å²) >= 11 is 0. The van der Waals surface area contributed by atoms with Crippen molar-refractivity contribution in [3.05, 3.63) is 41.1 Å². The fourth-order valence-corrected chi connectivity index (χ4v) is 2.37. The van der Waals surface area contributed by atoms with E-state index in [-0.39, 0.29) is 0 Å². The molecule has 0 saturated heterocycles. The number of benzene rings is 1. The molecule has 5 heteroatoms. The number of anilines is 3. The van der Waals surface area contributed by atoms with Crippen LogP contribution in [0, 0.1) is 13.8 Å². The smallest absolute Gasteiger partial charge is 0.229 e. The maximum atomic E-state index is 6.09. The monoisotopic (exact) mass is 313 g/mol. The van der Waals surface area contributed by atoms with Crippen LogP contribution in [0.15, 0.2) is 24.4 Å². The number of nitrogens with one attached hydrogen (secondary N) is 1. The van der Waals surface area contributed by atoms with Crippen molar-refractivity contribution >= 4 is 17.5 Å². The molecule has 1 atom stereocenters. The van der Waals surface area contributed by atoms with Gasteiger partial charge < -0.3 is 16.0 Å². The Balaban J connectivity index is 2.07. The van der Waals surface area contributed by atoms with Crippen LogP contribution in [0.25, 0.3) is 0 Å². The second-order valence-electron chi connectivity index (χ2n) is 6.40. The summed E-state index contributed by atoms with van der Waals surface area (Å²) < 4.78 is 0. The first-order valence-electron chi connectivity index (χ1n) is 7.99. The molecule has 0 amide bonds. The highest BCUT2D eigenvalue weighted by atomic mass is 15.1. The molecule has 1 aromatic carbocycles. The lowest BCUT2D eigenvalue weighted by Gasteiger charge is -2.19. The lowest BCUT2D eigenvalue weighted by molar-refractivity contribution is 0.299. The molecule has 0 aliphatic heterocycles. The van der Waals surface area contributed by atoms with Crippen molar-refractivity contribution in [1.82, 2.24) is 14.9 Å². The molecule has 0 bridgehead atoms. The molecular weight excluding hydrogens is 286 g/mol. The van der Waals surface area contributed by atoms with Crippen LogP contribution >= 0.6 is 0 Å². The number of hydrogen-bond acceptors (Lipinski definition) is 5. The zero-order valence-corrected chi connectivity index (χ0v) is 14.7. The molecule has 2 aromatic rings. The summed E-state index contributed by atoms with van der Waals surface area (Å²) in [6.45, 7) is 6.34. The lowest BCUT2D eigenvalue weighted by Crippen LogP contribution is -2.25. The molecule has 0 aliphatic rings. The van der Waals surface area contributed by atoms with Crippen molar-refractivity contribution in [2.45, 2.75) is 39.7 Å². The average Bonchev–Trinajstić information content (AvgIpc) is 2.49. The van der Waals surface area contributed by atoms with Gasteiger partial charge in [-0.2, -0.15) is 4.98 Å². The zero-order chi connectivity index (χ0) is 17.0. The molecule has 0 saturated carbocycles. The minimum Gasteiger partial charge on any atom is -0.383 e. The Morgan fingerprint density at radius 3 is 2.61 bits per heavy atom. The lowest BCUT2D eigenvalue weighted by atomic mass is 10.1. The van der Waals surface area contributed by atoms with Gasteiger partial charge in [-0.25, -0.2) is 4.98 Å². The largest absolute Gasteiger partial charge is 0.383 e. The summed E-state index contributed by atoms with van der Waals surface area (Å²) in [5.41, 5.74) is 10.5. The second-order valence-corrected chi connectivity index (χ2v) is 6.40. The highest BCUT2D eigenvalue weighted by Crippen LogP contribution is 2.21. The number of hydrogen-bond donors (Lipinski definition) is 2. The summed E-state index contributed by atoms with van der Waals surface area (Å²) in [5, 5.41) is 3.24. The summed E-state index contributed by atoms with van der Waals surface area (Å²) in [5.74, 6) is 1.09. The normalized spacial score (nSPS) is 12.4. The van der Waals surface area contributed by atoms with E-state index < -0.39 is 0 Å². The molecule has 1 heterocycles. The maximum Gasteiger partial charge on any atom is 0.229 e. The van der Waals surface area contributed by atoms with Crippen LogP contribution in [0.1, 0.15) is 30.0 Å². The standard InChI is InChI=1S/C18H27N5/c1-12-6-9-16(13(2)10-12)21-18-20-11-15(17(19)22-18)8-7-14(3)23(4)5/h6,9-11,14H,7-8H2,1-5H3,(H3,19,20,21,22). The van der Waals surface area contributed by atoms with Gasteiger partial charge in [-0.05, 0) is 59.3 Å². The molecule has 1 aromatic heterocycles. The average molecular weight is 313 g/mol. The molecule has 124 valence electrons. The van der Waals surface area contributed by atoms with Gasteiger partial charge in [0.25, 0.3) is 0 Å². The fraction of sp³-hybridized carbons (Fsp3) is 0.444. The van der Waals surface area contributed by atoms with Gasteiger partial charge in [0, 0.05) is 23.5 Å². The summed E-state index contributed by atoms with van der Waals surface area (Å²) in [7, 11) is 4.17. The van der Waals surface area contributed by atoms with Gasteiger partial charge in [0.1, 0.15) is 5.82 Å². The van der Waals surface area contributed by atoms with Gasteiger partial charge in [0.2, 0.25) is 5.95 Å². The van der Waals surface area contributed by atoms with E-state index >= 15 is 0 Å². The summed E-state index contributed by atoms with van der Waals surface area (Å²) in [6, 6.07) is 6.73. The van der Waals surface area contributed by atoms with Gasteiger partial charge in [-0.15, -0.1) is 0 Å². The minimum absolute atomic E-state index is 0.502. The first kappa shape index (κ1) is 17.2. The van der Waals surface area contributed by atoms with Crippen LogP contribution in [0.2, 0.25) is 0 Å². The first-order chi connectivity index (χ1) is 10.9. The second kappa shape index (κ2) is 7.42. The van der Waals surface area contributed by atoms with Gasteiger partial charge in [0.15, 0.2) is 0 Å². The number of rotatable bonds is 6. The SMILES string of the molecule is Cc1ccc(Nc2ncc(CCC(C)N(C)C)c(N)n2)c(C)c1. The van der Waals surface area contributed by atoms with Crippen molar-refractivity contribution in [3.8, 4) is 0 Å². The molecule has 0 spiro atoms. The van der Waals surface area contributed by atoms with Crippen molar-refractivity contribution in [3.63, 3.8) is 0 Å². The molecule has 0 fully saturated rings. The zero-order valence-electron chi connectivity index (χ0n) is 14.7. The molecule has 5 nitrogen and oxygen atoms in total. The minimum atomic E-state index is 0.502. The van der Waals surface area contributed by atoms with E-state index in [1.165, 1.54) is 5.56 Å². The van der Waals surface area contributed by atoms with Gasteiger partial charge in [-0.3, -0.25) is 0 Å². The molecule has 1 unspecified atom stereocenters. The number of nitrogen functional groups attached to an aromatic ring is 1. The quantitative estimate of drug-likeness (QED) is 0.856. The van der Waals surface area contributed by atoms with Crippen LogP contribution in [0.4, 0.5) is 17.5 Å². The maximum absolute atomic E-state index is 6.09. The Morgan fingerprint density at radius 1 is 1.26 bits per heavy atom. The predicted molar refractivity (Wildman–Crippen MR) is 97.1 cm³/mol. The molecule has 2 rings (SSSR count). The Morgan fingerprint density at radius 2 is 2.00 bits per heavy atom. The Hall–Kier alpha value is -2.14. The van der Waals surface area contributed by atoms with Crippen LogP contribution in [-0.2, 0) is 6.42 Å². The van der Waals surface area contributed by atoms with E-state index in [9.17, 15) is 0 Å². The predicted octanol–water partition coefficient (Wildman–Crippen LogP) is 3.30. The van der Waals surface area contributed by atoms with Crippen LogP contribution in [-0.4, -0.2) is 35.0 Å². The van der Waals surface area contributed by atoms with E-state index in [2.05, 4.69) is 67.2 Å². The van der Waals surface area contributed by atoms with E-state index in [0.29, 0.717) is 17.8 Å². The van der Waals surface area contributed by atoms with Crippen LogP contribution in [0.5, 0.6) is 0 Å². The Labute approximate surface area is 138 Å². The third-order valence-electron chi connectivity index (χ3n) is 4.24. The summed E-state index contributed by atoms with van der Waals surface area (Å²) in [4.78, 5) is 11.0. The third-order valence-corrected chi connectivity index (χ3v) is 4.24. The van der Waals surface area contributed by atoms with Crippen molar-refractivity contribution < 1.29 is 0 Å². The third kappa shape index (κ3) is 4.66. The Bertz CT molecular complexity index is 666. The fourth-order valence-electron chi connectivity index (χ4n) is 2.37. The van der Waals surface area contributed by atoms with E-state index in [0.717, 1.165) is 29.7 Å². The van der Waals surface area contributed by atoms with E-state index in [1.54, 1.807) is 0 Å². The van der Waals surface area contributed by atoms with E-state index in [4.69, 9.17) is 5.73 Å². The Kier molecular flexibility index (Phi) is 5.55. The molecular formula is C18H27N5. The first-order valence-corrected chi connectivity index (χ1v) is 7.99. The number of aromatic nitrogens is 2. The molecule has 23 heavy (non-hydrogen) atoms.